The molecule has 4 atom stereocenters. The molecule has 6 nitrogen and oxygen atoms in total. The lowest BCUT2D eigenvalue weighted by atomic mass is 10.0. The van der Waals surface area contributed by atoms with E-state index in [-0.39, 0.29) is 0 Å². The van der Waals surface area contributed by atoms with Gasteiger partial charge in [0.05, 0.1) is 13.2 Å². The molecule has 0 bridgehead atoms. The summed E-state index contributed by atoms with van der Waals surface area (Å²) in [5, 5.41) is 52.2. The van der Waals surface area contributed by atoms with Gasteiger partial charge < -0.3 is 30.6 Å². The van der Waals surface area contributed by atoms with E-state index in [0.717, 1.165) is 0 Å². The van der Waals surface area contributed by atoms with Gasteiger partial charge in [0.1, 0.15) is 24.4 Å². The van der Waals surface area contributed by atoms with Gasteiger partial charge in [-0.2, -0.15) is 0 Å². The van der Waals surface area contributed by atoms with E-state index >= 15 is 0 Å². The summed E-state index contributed by atoms with van der Waals surface area (Å²) >= 11 is 0. The van der Waals surface area contributed by atoms with E-state index in [9.17, 15) is 0 Å². The highest BCUT2D eigenvalue weighted by Gasteiger charge is 2.29. The Morgan fingerprint density at radius 1 is 0.789 bits per heavy atom. The predicted molar refractivity (Wildman–Crippen MR) is 69.4 cm³/mol. The Balaban J connectivity index is 0.000000388. The summed E-state index contributed by atoms with van der Waals surface area (Å²) in [7, 11) is 0. The highest BCUT2D eigenvalue weighted by atomic mass is 16.4. The molecule has 1 aromatic carbocycles. The highest BCUT2D eigenvalue weighted by Crippen LogP contribution is 2.04. The number of aryl methyl sites for hydroxylation is 1. The van der Waals surface area contributed by atoms with Crippen molar-refractivity contribution in [2.24, 2.45) is 0 Å². The maximum atomic E-state index is 8.96. The van der Waals surface area contributed by atoms with Crippen molar-refractivity contribution in [3.8, 4) is 0 Å². The zero-order valence-corrected chi connectivity index (χ0v) is 10.8. The lowest BCUT2D eigenvalue weighted by molar-refractivity contribution is -0.123. The molecule has 6 N–H and O–H groups in total. The zero-order valence-electron chi connectivity index (χ0n) is 10.8. The predicted octanol–water partition coefficient (Wildman–Crippen LogP) is -1.59. The van der Waals surface area contributed by atoms with Crippen LogP contribution in [0.15, 0.2) is 30.3 Å². The smallest absolute Gasteiger partial charge is 0.111 e. The van der Waals surface area contributed by atoms with Crippen molar-refractivity contribution < 1.29 is 30.6 Å². The molecule has 19 heavy (non-hydrogen) atoms. The van der Waals surface area contributed by atoms with E-state index < -0.39 is 37.6 Å². The third-order valence-electron chi connectivity index (χ3n) is 2.45. The van der Waals surface area contributed by atoms with Crippen LogP contribution in [0.3, 0.4) is 0 Å². The normalized spacial score (nSPS) is 16.8. The Kier molecular flexibility index (Phi) is 9.32. The van der Waals surface area contributed by atoms with Gasteiger partial charge in [-0.05, 0) is 6.92 Å². The van der Waals surface area contributed by atoms with E-state index in [2.05, 4.69) is 19.1 Å². The molecule has 0 radical (unpaired) electrons. The number of aliphatic hydroxyl groups excluding tert-OH is 6. The first-order valence-electron chi connectivity index (χ1n) is 5.89. The molecule has 0 heterocycles. The number of aliphatic hydroxyl groups is 6. The molecular formula is C13H22O6. The van der Waals surface area contributed by atoms with Crippen LogP contribution in [0.5, 0.6) is 0 Å². The fourth-order valence-corrected chi connectivity index (χ4v) is 1.21. The monoisotopic (exact) mass is 274 g/mol. The van der Waals surface area contributed by atoms with Crippen molar-refractivity contribution in [2.45, 2.75) is 31.3 Å². The van der Waals surface area contributed by atoms with Crippen LogP contribution in [0.1, 0.15) is 5.56 Å². The number of benzene rings is 1. The largest absolute Gasteiger partial charge is 0.394 e. The lowest BCUT2D eigenvalue weighted by Crippen LogP contribution is -2.46. The van der Waals surface area contributed by atoms with Crippen molar-refractivity contribution in [1.82, 2.24) is 0 Å². The standard InChI is InChI=1S/C7H8.C6H14O6/c1-7-5-3-2-4-6-7;7-1-3(9)5(11)6(12)4(10)2-8/h2-6H,1H3;3-12H,1-2H2. The zero-order chi connectivity index (χ0) is 14.8. The van der Waals surface area contributed by atoms with E-state index in [1.165, 1.54) is 5.56 Å². The van der Waals surface area contributed by atoms with Crippen LogP contribution in [-0.2, 0) is 0 Å². The molecule has 0 saturated heterocycles. The lowest BCUT2D eigenvalue weighted by Gasteiger charge is -2.24. The van der Waals surface area contributed by atoms with Gasteiger partial charge in [-0.1, -0.05) is 35.9 Å². The van der Waals surface area contributed by atoms with Crippen molar-refractivity contribution in [3.63, 3.8) is 0 Å². The molecule has 0 fully saturated rings. The number of rotatable bonds is 5. The molecule has 0 amide bonds. The van der Waals surface area contributed by atoms with Crippen LogP contribution < -0.4 is 0 Å². The van der Waals surface area contributed by atoms with Crippen LogP contribution in [0.2, 0.25) is 0 Å². The van der Waals surface area contributed by atoms with Crippen LogP contribution in [0.25, 0.3) is 0 Å². The third kappa shape index (κ3) is 7.22. The summed E-state index contributed by atoms with van der Waals surface area (Å²) in [6, 6.07) is 10.3. The molecule has 0 spiro atoms. The molecule has 4 unspecified atom stereocenters. The minimum Gasteiger partial charge on any atom is -0.394 e. The minimum atomic E-state index is -1.67. The van der Waals surface area contributed by atoms with Gasteiger partial charge >= 0.3 is 0 Å². The average Bonchev–Trinajstić information content (AvgIpc) is 2.45. The molecular weight excluding hydrogens is 252 g/mol. The van der Waals surface area contributed by atoms with E-state index in [0.29, 0.717) is 0 Å². The Morgan fingerprint density at radius 2 is 1.16 bits per heavy atom. The molecule has 0 aliphatic carbocycles. The Labute approximate surface area is 112 Å². The van der Waals surface area contributed by atoms with Crippen LogP contribution in [0, 0.1) is 6.92 Å². The first kappa shape index (κ1) is 18.0. The van der Waals surface area contributed by atoms with E-state index in [1.54, 1.807) is 0 Å². The molecule has 1 rings (SSSR count). The van der Waals surface area contributed by atoms with E-state index in [1.807, 2.05) is 18.2 Å². The number of hydrogen-bond donors (Lipinski definition) is 6. The van der Waals surface area contributed by atoms with E-state index in [4.69, 9.17) is 30.6 Å². The van der Waals surface area contributed by atoms with Crippen molar-refractivity contribution >= 4 is 0 Å². The second-order valence-corrected chi connectivity index (χ2v) is 4.14. The molecule has 110 valence electrons. The Hall–Kier alpha value is -1.02. The van der Waals surface area contributed by atoms with Gasteiger partial charge in [0, 0.05) is 0 Å². The molecule has 0 aromatic heterocycles. The second-order valence-electron chi connectivity index (χ2n) is 4.14. The van der Waals surface area contributed by atoms with Crippen molar-refractivity contribution in [2.75, 3.05) is 13.2 Å². The minimum absolute atomic E-state index is 0.726. The summed E-state index contributed by atoms with van der Waals surface area (Å²) in [4.78, 5) is 0. The van der Waals surface area contributed by atoms with Gasteiger partial charge in [-0.25, -0.2) is 0 Å². The molecule has 1 aromatic rings. The van der Waals surface area contributed by atoms with Gasteiger partial charge in [0.15, 0.2) is 0 Å². The fourth-order valence-electron chi connectivity index (χ4n) is 1.21. The summed E-state index contributed by atoms with van der Waals surface area (Å²) in [5.74, 6) is 0. The first-order chi connectivity index (χ1) is 8.93. The maximum Gasteiger partial charge on any atom is 0.111 e. The second kappa shape index (κ2) is 9.85. The van der Waals surface area contributed by atoms with Gasteiger partial charge in [-0.3, -0.25) is 0 Å². The Bertz CT molecular complexity index is 304. The summed E-state index contributed by atoms with van der Waals surface area (Å²) < 4.78 is 0. The van der Waals surface area contributed by atoms with Gasteiger partial charge in [0.2, 0.25) is 0 Å². The molecule has 0 saturated carbocycles. The van der Waals surface area contributed by atoms with Crippen molar-refractivity contribution in [3.05, 3.63) is 35.9 Å². The van der Waals surface area contributed by atoms with Gasteiger partial charge in [-0.15, -0.1) is 0 Å². The average molecular weight is 274 g/mol. The SMILES string of the molecule is Cc1ccccc1.OCC(O)C(O)C(O)C(O)CO. The summed E-state index contributed by atoms with van der Waals surface area (Å²) in [6.45, 7) is 0.632. The summed E-state index contributed by atoms with van der Waals surface area (Å²) in [6.07, 6.45) is -6.39. The van der Waals surface area contributed by atoms with Crippen LogP contribution in [0.4, 0.5) is 0 Å². The van der Waals surface area contributed by atoms with Crippen molar-refractivity contribution in [1.29, 1.82) is 0 Å². The topological polar surface area (TPSA) is 121 Å². The first-order valence-corrected chi connectivity index (χ1v) is 5.89. The molecule has 0 aliphatic rings. The Morgan fingerprint density at radius 3 is 1.37 bits per heavy atom. The third-order valence-corrected chi connectivity index (χ3v) is 2.45. The molecule has 0 aliphatic heterocycles. The number of hydrogen-bond acceptors (Lipinski definition) is 6. The van der Waals surface area contributed by atoms with Crippen LogP contribution in [-0.4, -0.2) is 68.3 Å². The van der Waals surface area contributed by atoms with Crippen LogP contribution >= 0.6 is 0 Å². The highest BCUT2D eigenvalue weighted by molar-refractivity contribution is 5.11. The fraction of sp³-hybridized carbons (Fsp3) is 0.538. The molecule has 6 heteroatoms. The van der Waals surface area contributed by atoms with Gasteiger partial charge in [0.25, 0.3) is 0 Å². The quantitative estimate of drug-likeness (QED) is 0.385. The maximum absolute atomic E-state index is 8.96. The summed E-state index contributed by atoms with van der Waals surface area (Å²) in [5.41, 5.74) is 1.32.